The van der Waals surface area contributed by atoms with E-state index in [4.69, 9.17) is 15.0 Å². The van der Waals surface area contributed by atoms with Gasteiger partial charge in [0.2, 0.25) is 11.7 Å². The quantitative estimate of drug-likeness (QED) is 0.939. The molecule has 0 radical (unpaired) electrons. The third kappa shape index (κ3) is 2.93. The van der Waals surface area contributed by atoms with Gasteiger partial charge in [-0.3, -0.25) is 0 Å². The fourth-order valence-electron chi connectivity index (χ4n) is 2.90. The van der Waals surface area contributed by atoms with Crippen LogP contribution in [0.4, 0.5) is 0 Å². The Morgan fingerprint density at radius 1 is 1.24 bits per heavy atom. The second-order valence-electron chi connectivity index (χ2n) is 5.75. The SMILES string of the molecule is COc1ccc(-c2noc(C3CCC(N)CC3)n2)cc1C. The van der Waals surface area contributed by atoms with Gasteiger partial charge >= 0.3 is 0 Å². The van der Waals surface area contributed by atoms with Gasteiger partial charge in [-0.25, -0.2) is 0 Å². The summed E-state index contributed by atoms with van der Waals surface area (Å²) >= 11 is 0. The zero-order valence-electron chi connectivity index (χ0n) is 12.5. The van der Waals surface area contributed by atoms with Gasteiger partial charge in [-0.1, -0.05) is 5.16 Å². The molecule has 1 aromatic heterocycles. The van der Waals surface area contributed by atoms with Crippen LogP contribution in [-0.4, -0.2) is 23.3 Å². The van der Waals surface area contributed by atoms with Crippen LogP contribution in [0.25, 0.3) is 11.4 Å². The molecule has 0 aliphatic heterocycles. The zero-order valence-corrected chi connectivity index (χ0v) is 12.5. The lowest BCUT2D eigenvalue weighted by Crippen LogP contribution is -2.25. The second kappa shape index (κ2) is 5.85. The molecule has 1 aromatic carbocycles. The molecule has 112 valence electrons. The second-order valence-corrected chi connectivity index (χ2v) is 5.75. The lowest BCUT2D eigenvalue weighted by Gasteiger charge is -2.22. The molecule has 5 nitrogen and oxygen atoms in total. The van der Waals surface area contributed by atoms with E-state index in [1.165, 1.54) is 0 Å². The third-order valence-electron chi connectivity index (χ3n) is 4.22. The Labute approximate surface area is 124 Å². The summed E-state index contributed by atoms with van der Waals surface area (Å²) in [6.45, 7) is 2.01. The van der Waals surface area contributed by atoms with Crippen molar-refractivity contribution in [3.8, 4) is 17.1 Å². The third-order valence-corrected chi connectivity index (χ3v) is 4.22. The van der Waals surface area contributed by atoms with Crippen molar-refractivity contribution >= 4 is 0 Å². The number of hydrogen-bond donors (Lipinski definition) is 1. The maximum absolute atomic E-state index is 5.94. The summed E-state index contributed by atoms with van der Waals surface area (Å²) < 4.78 is 10.7. The number of nitrogens with two attached hydrogens (primary N) is 1. The number of aromatic nitrogens is 2. The fraction of sp³-hybridized carbons (Fsp3) is 0.500. The van der Waals surface area contributed by atoms with Gasteiger partial charge in [-0.2, -0.15) is 4.98 Å². The smallest absolute Gasteiger partial charge is 0.230 e. The molecule has 5 heteroatoms. The Morgan fingerprint density at radius 3 is 2.67 bits per heavy atom. The Hall–Kier alpha value is -1.88. The first-order valence-corrected chi connectivity index (χ1v) is 7.41. The van der Waals surface area contributed by atoms with E-state index in [2.05, 4.69) is 10.1 Å². The van der Waals surface area contributed by atoms with E-state index < -0.39 is 0 Å². The number of rotatable bonds is 3. The molecule has 21 heavy (non-hydrogen) atoms. The van der Waals surface area contributed by atoms with E-state index in [-0.39, 0.29) is 0 Å². The Morgan fingerprint density at radius 2 is 2.00 bits per heavy atom. The Balaban J connectivity index is 1.80. The molecule has 0 unspecified atom stereocenters. The number of methoxy groups -OCH3 is 1. The first-order chi connectivity index (χ1) is 10.2. The molecule has 1 fully saturated rings. The van der Waals surface area contributed by atoms with Crippen LogP contribution in [0.5, 0.6) is 5.75 Å². The molecular weight excluding hydrogens is 266 g/mol. The average molecular weight is 287 g/mol. The van der Waals surface area contributed by atoms with E-state index in [0.29, 0.717) is 17.8 Å². The van der Waals surface area contributed by atoms with Gasteiger partial charge in [0.05, 0.1) is 7.11 Å². The summed E-state index contributed by atoms with van der Waals surface area (Å²) in [5.74, 6) is 2.60. The molecule has 1 heterocycles. The minimum Gasteiger partial charge on any atom is -0.496 e. The van der Waals surface area contributed by atoms with Gasteiger partial charge in [0, 0.05) is 17.5 Å². The van der Waals surface area contributed by atoms with Crippen molar-refractivity contribution in [2.75, 3.05) is 7.11 Å². The average Bonchev–Trinajstić information content (AvgIpc) is 2.98. The van der Waals surface area contributed by atoms with Crippen LogP contribution >= 0.6 is 0 Å². The standard InChI is InChI=1S/C16H21N3O2/c1-10-9-12(5-8-14(10)20-2)15-18-16(21-19-15)11-3-6-13(17)7-4-11/h5,8-9,11,13H,3-4,6-7,17H2,1-2H3. The lowest BCUT2D eigenvalue weighted by molar-refractivity contribution is 0.301. The summed E-state index contributed by atoms with van der Waals surface area (Å²) in [4.78, 5) is 4.57. The van der Waals surface area contributed by atoms with Crippen molar-refractivity contribution < 1.29 is 9.26 Å². The van der Waals surface area contributed by atoms with Gasteiger partial charge in [-0.05, 0) is 56.4 Å². The molecule has 0 atom stereocenters. The normalized spacial score (nSPS) is 22.2. The van der Waals surface area contributed by atoms with Crippen LogP contribution in [0.1, 0.15) is 43.1 Å². The first kappa shape index (κ1) is 14.1. The van der Waals surface area contributed by atoms with Gasteiger partial charge in [-0.15, -0.1) is 0 Å². The van der Waals surface area contributed by atoms with Crippen molar-refractivity contribution in [1.29, 1.82) is 0 Å². The molecule has 0 bridgehead atoms. The number of hydrogen-bond acceptors (Lipinski definition) is 5. The summed E-state index contributed by atoms with van der Waals surface area (Å²) in [5.41, 5.74) is 7.95. The largest absolute Gasteiger partial charge is 0.496 e. The topological polar surface area (TPSA) is 74.2 Å². The fourth-order valence-corrected chi connectivity index (χ4v) is 2.90. The predicted molar refractivity (Wildman–Crippen MR) is 80.2 cm³/mol. The van der Waals surface area contributed by atoms with Crippen LogP contribution in [0, 0.1) is 6.92 Å². The Bertz CT molecular complexity index is 616. The molecule has 0 spiro atoms. The van der Waals surface area contributed by atoms with Crippen molar-refractivity contribution in [3.05, 3.63) is 29.7 Å². The summed E-state index contributed by atoms with van der Waals surface area (Å²) in [6.07, 6.45) is 4.13. The molecule has 1 aliphatic carbocycles. The van der Waals surface area contributed by atoms with E-state index in [0.717, 1.165) is 48.5 Å². The number of ether oxygens (including phenoxy) is 1. The predicted octanol–water partition coefficient (Wildman–Crippen LogP) is 3.04. The summed E-state index contributed by atoms with van der Waals surface area (Å²) in [6, 6.07) is 6.23. The van der Waals surface area contributed by atoms with E-state index in [1.807, 2.05) is 25.1 Å². The lowest BCUT2D eigenvalue weighted by atomic mass is 9.86. The summed E-state index contributed by atoms with van der Waals surface area (Å²) in [5, 5.41) is 4.12. The van der Waals surface area contributed by atoms with Crippen molar-refractivity contribution in [3.63, 3.8) is 0 Å². The van der Waals surface area contributed by atoms with Crippen LogP contribution in [0.2, 0.25) is 0 Å². The first-order valence-electron chi connectivity index (χ1n) is 7.41. The van der Waals surface area contributed by atoms with Gasteiger partial charge < -0.3 is 15.0 Å². The highest BCUT2D eigenvalue weighted by atomic mass is 16.5. The highest BCUT2D eigenvalue weighted by Crippen LogP contribution is 2.32. The van der Waals surface area contributed by atoms with E-state index >= 15 is 0 Å². The molecule has 3 rings (SSSR count). The molecule has 1 aliphatic rings. The van der Waals surface area contributed by atoms with Gasteiger partial charge in [0.25, 0.3) is 0 Å². The minimum atomic E-state index is 0.327. The zero-order chi connectivity index (χ0) is 14.8. The van der Waals surface area contributed by atoms with E-state index in [1.54, 1.807) is 7.11 Å². The number of aryl methyl sites for hydroxylation is 1. The minimum absolute atomic E-state index is 0.327. The number of nitrogens with zero attached hydrogens (tertiary/aromatic N) is 2. The monoisotopic (exact) mass is 287 g/mol. The maximum atomic E-state index is 5.94. The molecule has 0 amide bonds. The highest BCUT2D eigenvalue weighted by molar-refractivity contribution is 5.58. The van der Waals surface area contributed by atoms with Crippen LogP contribution in [0.15, 0.2) is 22.7 Å². The van der Waals surface area contributed by atoms with Crippen LogP contribution in [-0.2, 0) is 0 Å². The van der Waals surface area contributed by atoms with Crippen LogP contribution in [0.3, 0.4) is 0 Å². The van der Waals surface area contributed by atoms with Gasteiger partial charge in [0.15, 0.2) is 0 Å². The number of benzene rings is 1. The molecule has 2 aromatic rings. The molecule has 1 saturated carbocycles. The van der Waals surface area contributed by atoms with E-state index in [9.17, 15) is 0 Å². The van der Waals surface area contributed by atoms with Crippen molar-refractivity contribution in [2.24, 2.45) is 5.73 Å². The highest BCUT2D eigenvalue weighted by Gasteiger charge is 2.25. The van der Waals surface area contributed by atoms with Crippen molar-refractivity contribution in [1.82, 2.24) is 10.1 Å². The Kier molecular flexibility index (Phi) is 3.92. The van der Waals surface area contributed by atoms with Crippen molar-refractivity contribution in [2.45, 2.75) is 44.6 Å². The maximum Gasteiger partial charge on any atom is 0.230 e. The molecule has 2 N–H and O–H groups in total. The van der Waals surface area contributed by atoms with Crippen LogP contribution < -0.4 is 10.5 Å². The summed E-state index contributed by atoms with van der Waals surface area (Å²) in [7, 11) is 1.67. The molecular formula is C16H21N3O2. The van der Waals surface area contributed by atoms with Gasteiger partial charge in [0.1, 0.15) is 5.75 Å². The molecule has 0 saturated heterocycles.